The van der Waals surface area contributed by atoms with Crippen molar-refractivity contribution in [2.24, 2.45) is 0 Å². The van der Waals surface area contributed by atoms with Crippen molar-refractivity contribution in [2.45, 2.75) is 12.5 Å². The van der Waals surface area contributed by atoms with Crippen LogP contribution in [0.5, 0.6) is 0 Å². The molecule has 2 aromatic rings. The smallest absolute Gasteiger partial charge is 0.320 e. The predicted molar refractivity (Wildman–Crippen MR) is 104 cm³/mol. The molecule has 0 atom stereocenters. The van der Waals surface area contributed by atoms with Crippen molar-refractivity contribution in [3.63, 3.8) is 0 Å². The lowest BCUT2D eigenvalue weighted by molar-refractivity contribution is -0.142. The number of nitrogens with zero attached hydrogens (tertiary/aromatic N) is 3. The summed E-state index contributed by atoms with van der Waals surface area (Å²) >= 11 is 0. The zero-order valence-corrected chi connectivity index (χ0v) is 15.5. The molecule has 0 amide bonds. The highest BCUT2D eigenvalue weighted by molar-refractivity contribution is 5.71. The van der Waals surface area contributed by atoms with E-state index in [1.165, 1.54) is 11.1 Å². The summed E-state index contributed by atoms with van der Waals surface area (Å²) in [6.07, 6.45) is -0.177. The number of carbonyl (C=O) groups is 1. The molecule has 2 aromatic carbocycles. The summed E-state index contributed by atoms with van der Waals surface area (Å²) in [6.45, 7) is 4.85. The van der Waals surface area contributed by atoms with E-state index in [1.807, 2.05) is 6.07 Å². The Hall–Kier alpha value is -2.68. The molecule has 1 fully saturated rings. The molecule has 0 spiro atoms. The number of piperazine rings is 1. The third kappa shape index (κ3) is 5.40. The van der Waals surface area contributed by atoms with Gasteiger partial charge in [0.1, 0.15) is 13.0 Å². The van der Waals surface area contributed by atoms with Crippen molar-refractivity contribution in [1.82, 2.24) is 9.80 Å². The zero-order chi connectivity index (χ0) is 18.9. The first kappa shape index (κ1) is 19.1. The van der Waals surface area contributed by atoms with E-state index in [0.29, 0.717) is 13.2 Å². The summed E-state index contributed by atoms with van der Waals surface area (Å²) in [7, 11) is 0. The topological polar surface area (TPSA) is 56.6 Å². The van der Waals surface area contributed by atoms with E-state index in [0.717, 1.165) is 26.2 Å². The van der Waals surface area contributed by atoms with Crippen molar-refractivity contribution in [3.8, 4) is 6.07 Å². The molecule has 0 aromatic heterocycles. The molecule has 0 bridgehead atoms. The van der Waals surface area contributed by atoms with Gasteiger partial charge in [0.05, 0.1) is 12.1 Å². The molecule has 5 nitrogen and oxygen atoms in total. The number of hydrogen-bond donors (Lipinski definition) is 0. The third-order valence-electron chi connectivity index (χ3n) is 4.90. The normalized spacial score (nSPS) is 15.4. The molecule has 0 unspecified atom stereocenters. The van der Waals surface area contributed by atoms with Gasteiger partial charge in [0.15, 0.2) is 0 Å². The molecule has 0 saturated carbocycles. The minimum absolute atomic E-state index is 0.177. The fourth-order valence-corrected chi connectivity index (χ4v) is 3.53. The van der Waals surface area contributed by atoms with Crippen LogP contribution < -0.4 is 0 Å². The van der Waals surface area contributed by atoms with Crippen LogP contribution in [0.3, 0.4) is 0 Å². The van der Waals surface area contributed by atoms with Gasteiger partial charge >= 0.3 is 5.97 Å². The Bertz CT molecular complexity index is 711. The SMILES string of the molecule is N#CCC(=O)OCCN1CCN(C(c2ccccc2)c2ccccc2)CC1. The van der Waals surface area contributed by atoms with E-state index in [1.54, 1.807) is 0 Å². The molecular formula is C22H25N3O2. The average molecular weight is 363 g/mol. The van der Waals surface area contributed by atoms with Gasteiger partial charge < -0.3 is 4.74 Å². The first-order valence-corrected chi connectivity index (χ1v) is 9.37. The molecule has 1 aliphatic heterocycles. The summed E-state index contributed by atoms with van der Waals surface area (Å²) in [5.41, 5.74) is 2.62. The first-order valence-electron chi connectivity index (χ1n) is 9.37. The molecule has 1 saturated heterocycles. The van der Waals surface area contributed by atoms with Crippen LogP contribution in [-0.4, -0.2) is 55.1 Å². The number of esters is 1. The third-order valence-corrected chi connectivity index (χ3v) is 4.90. The van der Waals surface area contributed by atoms with E-state index in [2.05, 4.69) is 70.5 Å². The summed E-state index contributed by atoms with van der Waals surface area (Å²) < 4.78 is 5.08. The first-order chi connectivity index (χ1) is 13.3. The molecule has 27 heavy (non-hydrogen) atoms. The molecule has 1 aliphatic rings. The summed E-state index contributed by atoms with van der Waals surface area (Å²) in [5, 5.41) is 8.49. The highest BCUT2D eigenvalue weighted by atomic mass is 16.5. The van der Waals surface area contributed by atoms with Gasteiger partial charge in [-0.15, -0.1) is 0 Å². The van der Waals surface area contributed by atoms with Crippen LogP contribution in [-0.2, 0) is 9.53 Å². The van der Waals surface area contributed by atoms with Crippen molar-refractivity contribution in [2.75, 3.05) is 39.3 Å². The van der Waals surface area contributed by atoms with Crippen LogP contribution >= 0.6 is 0 Å². The Morgan fingerprint density at radius 2 is 1.52 bits per heavy atom. The number of carbonyl (C=O) groups excluding carboxylic acids is 1. The number of ether oxygens (including phenoxy) is 1. The summed E-state index contributed by atoms with van der Waals surface area (Å²) in [6, 6.07) is 23.3. The minimum atomic E-state index is -0.440. The van der Waals surface area contributed by atoms with Gasteiger partial charge in [-0.05, 0) is 11.1 Å². The van der Waals surface area contributed by atoms with Crippen LogP contribution in [0.4, 0.5) is 0 Å². The molecule has 0 N–H and O–H groups in total. The van der Waals surface area contributed by atoms with Gasteiger partial charge in [0, 0.05) is 32.7 Å². The van der Waals surface area contributed by atoms with E-state index in [4.69, 9.17) is 10.00 Å². The molecule has 0 radical (unpaired) electrons. The molecule has 140 valence electrons. The predicted octanol–water partition coefficient (Wildman–Crippen LogP) is 2.85. The lowest BCUT2D eigenvalue weighted by Gasteiger charge is -2.39. The van der Waals surface area contributed by atoms with Crippen molar-refractivity contribution >= 4 is 5.97 Å². The maximum absolute atomic E-state index is 11.3. The largest absolute Gasteiger partial charge is 0.464 e. The second-order valence-corrected chi connectivity index (χ2v) is 6.66. The summed E-state index contributed by atoms with van der Waals surface area (Å²) in [4.78, 5) is 16.1. The van der Waals surface area contributed by atoms with Crippen LogP contribution in [0.1, 0.15) is 23.6 Å². The van der Waals surface area contributed by atoms with Gasteiger partial charge in [-0.3, -0.25) is 14.6 Å². The Morgan fingerprint density at radius 1 is 0.963 bits per heavy atom. The number of nitriles is 1. The lowest BCUT2D eigenvalue weighted by atomic mass is 9.96. The Kier molecular flexibility index (Phi) is 6.97. The lowest BCUT2D eigenvalue weighted by Crippen LogP contribution is -2.48. The van der Waals surface area contributed by atoms with Crippen molar-refractivity contribution in [1.29, 1.82) is 5.26 Å². The van der Waals surface area contributed by atoms with Crippen molar-refractivity contribution in [3.05, 3.63) is 71.8 Å². The second kappa shape index (κ2) is 9.86. The fraction of sp³-hybridized carbons (Fsp3) is 0.364. The molecule has 5 heteroatoms. The average Bonchev–Trinajstić information content (AvgIpc) is 2.71. The van der Waals surface area contributed by atoms with Crippen molar-refractivity contribution < 1.29 is 9.53 Å². The van der Waals surface area contributed by atoms with E-state index < -0.39 is 5.97 Å². The zero-order valence-electron chi connectivity index (χ0n) is 15.5. The van der Waals surface area contributed by atoms with E-state index >= 15 is 0 Å². The standard InChI is InChI=1S/C22H25N3O2/c23-12-11-21(26)27-18-17-24-13-15-25(16-14-24)22(19-7-3-1-4-8-19)20-9-5-2-6-10-20/h1-10,22H,11,13-18H2. The Labute approximate surface area is 160 Å². The number of rotatable bonds is 7. The second-order valence-electron chi connectivity index (χ2n) is 6.66. The molecule has 3 rings (SSSR count). The Balaban J connectivity index is 1.59. The van der Waals surface area contributed by atoms with Crippen LogP contribution in [0.25, 0.3) is 0 Å². The van der Waals surface area contributed by atoms with E-state index in [-0.39, 0.29) is 12.5 Å². The molecular weight excluding hydrogens is 338 g/mol. The van der Waals surface area contributed by atoms with Gasteiger partial charge in [-0.1, -0.05) is 60.7 Å². The van der Waals surface area contributed by atoms with Crippen LogP contribution in [0.15, 0.2) is 60.7 Å². The highest BCUT2D eigenvalue weighted by Gasteiger charge is 2.26. The molecule has 0 aliphatic carbocycles. The minimum Gasteiger partial charge on any atom is -0.464 e. The van der Waals surface area contributed by atoms with Gasteiger partial charge in [-0.2, -0.15) is 5.26 Å². The van der Waals surface area contributed by atoms with E-state index in [9.17, 15) is 4.79 Å². The Morgan fingerprint density at radius 3 is 2.04 bits per heavy atom. The summed E-state index contributed by atoms with van der Waals surface area (Å²) in [5.74, 6) is -0.440. The monoisotopic (exact) mass is 363 g/mol. The molecule has 1 heterocycles. The van der Waals surface area contributed by atoms with Crippen LogP contribution in [0.2, 0.25) is 0 Å². The maximum Gasteiger partial charge on any atom is 0.320 e. The van der Waals surface area contributed by atoms with Crippen LogP contribution in [0, 0.1) is 11.3 Å². The van der Waals surface area contributed by atoms with Gasteiger partial charge in [0.25, 0.3) is 0 Å². The maximum atomic E-state index is 11.3. The number of benzene rings is 2. The van der Waals surface area contributed by atoms with Gasteiger partial charge in [-0.25, -0.2) is 0 Å². The highest BCUT2D eigenvalue weighted by Crippen LogP contribution is 2.29. The number of hydrogen-bond acceptors (Lipinski definition) is 5. The fourth-order valence-electron chi connectivity index (χ4n) is 3.53. The van der Waals surface area contributed by atoms with Gasteiger partial charge in [0.2, 0.25) is 0 Å². The quantitative estimate of drug-likeness (QED) is 0.708.